The van der Waals surface area contributed by atoms with Crippen molar-refractivity contribution >= 4 is 44.4 Å². The van der Waals surface area contributed by atoms with E-state index >= 15 is 0 Å². The summed E-state index contributed by atoms with van der Waals surface area (Å²) in [6.07, 6.45) is 0.924. The molecule has 0 fully saturated rings. The Balaban J connectivity index is 2.13. The molecule has 2 aromatic carbocycles. The lowest BCUT2D eigenvalue weighted by Crippen LogP contribution is -2.22. The largest absolute Gasteiger partial charge is 0.371 e. The zero-order valence-corrected chi connectivity index (χ0v) is 14.9. The second-order valence-electron chi connectivity index (χ2n) is 5.23. The number of carbonyl (C=O) groups is 1. The number of anilines is 2. The van der Waals surface area contributed by atoms with Gasteiger partial charge in [-0.05, 0) is 30.3 Å². The minimum atomic E-state index is -3.62. The Morgan fingerprint density at radius 2 is 1.88 bits per heavy atom. The van der Waals surface area contributed by atoms with Gasteiger partial charge in [0.15, 0.2) is 9.84 Å². The quantitative estimate of drug-likeness (QED) is 0.567. The standard InChI is InChI=1S/C15H13ClFN3O5S/c1-26(24,25)10-3-5-13(14(7-10)20(22)23)18-8-15(21)19-12-4-2-9(16)6-11(12)17/h2-7,18H,8H2,1H3,(H,19,21). The van der Waals surface area contributed by atoms with E-state index in [1.54, 1.807) is 0 Å². The molecule has 138 valence electrons. The van der Waals surface area contributed by atoms with Crippen molar-refractivity contribution in [2.24, 2.45) is 0 Å². The first kappa shape index (κ1) is 19.6. The molecule has 0 radical (unpaired) electrons. The van der Waals surface area contributed by atoms with Gasteiger partial charge in [0.2, 0.25) is 5.91 Å². The molecule has 8 nitrogen and oxygen atoms in total. The summed E-state index contributed by atoms with van der Waals surface area (Å²) >= 11 is 5.61. The number of halogens is 2. The molecule has 0 heterocycles. The van der Waals surface area contributed by atoms with Crippen molar-refractivity contribution in [2.45, 2.75) is 4.90 Å². The van der Waals surface area contributed by atoms with Crippen LogP contribution in [0.15, 0.2) is 41.3 Å². The summed E-state index contributed by atoms with van der Waals surface area (Å²) in [5.41, 5.74) is -0.643. The first-order valence-electron chi connectivity index (χ1n) is 7.05. The highest BCUT2D eigenvalue weighted by molar-refractivity contribution is 7.90. The summed E-state index contributed by atoms with van der Waals surface area (Å²) in [6.45, 7) is -0.402. The van der Waals surface area contributed by atoms with Gasteiger partial charge in [-0.1, -0.05) is 11.6 Å². The number of sulfone groups is 1. The van der Waals surface area contributed by atoms with Crippen LogP contribution in [0.5, 0.6) is 0 Å². The molecular weight excluding hydrogens is 389 g/mol. The minimum absolute atomic E-state index is 0.0471. The van der Waals surface area contributed by atoms with Crippen LogP contribution in [0.3, 0.4) is 0 Å². The molecule has 26 heavy (non-hydrogen) atoms. The molecule has 2 N–H and O–H groups in total. The molecule has 0 saturated heterocycles. The Labute approximate surface area is 153 Å². The highest BCUT2D eigenvalue weighted by Gasteiger charge is 2.19. The van der Waals surface area contributed by atoms with Crippen LogP contribution in [0.25, 0.3) is 0 Å². The third-order valence-electron chi connectivity index (χ3n) is 3.24. The van der Waals surface area contributed by atoms with Crippen LogP contribution < -0.4 is 10.6 Å². The number of nitro benzene ring substituents is 1. The number of hydrogen-bond donors (Lipinski definition) is 2. The number of amides is 1. The summed E-state index contributed by atoms with van der Waals surface area (Å²) < 4.78 is 36.6. The number of benzene rings is 2. The summed E-state index contributed by atoms with van der Waals surface area (Å²) in [6, 6.07) is 6.96. The predicted octanol–water partition coefficient (Wildman–Crippen LogP) is 2.84. The smallest absolute Gasteiger partial charge is 0.293 e. The fraction of sp³-hybridized carbons (Fsp3) is 0.133. The highest BCUT2D eigenvalue weighted by Crippen LogP contribution is 2.27. The lowest BCUT2D eigenvalue weighted by molar-refractivity contribution is -0.384. The molecule has 0 unspecified atom stereocenters. The summed E-state index contributed by atoms with van der Waals surface area (Å²) in [7, 11) is -3.62. The maximum Gasteiger partial charge on any atom is 0.293 e. The van der Waals surface area contributed by atoms with E-state index in [1.807, 2.05) is 0 Å². The lowest BCUT2D eigenvalue weighted by atomic mass is 10.2. The van der Waals surface area contributed by atoms with E-state index < -0.39 is 38.7 Å². The molecular formula is C15H13ClFN3O5S. The fourth-order valence-corrected chi connectivity index (χ4v) is 2.80. The average molecular weight is 402 g/mol. The van der Waals surface area contributed by atoms with Gasteiger partial charge in [-0.25, -0.2) is 12.8 Å². The van der Waals surface area contributed by atoms with Crippen molar-refractivity contribution in [1.29, 1.82) is 0 Å². The van der Waals surface area contributed by atoms with Gasteiger partial charge < -0.3 is 10.6 Å². The van der Waals surface area contributed by atoms with Crippen LogP contribution >= 0.6 is 11.6 Å². The van der Waals surface area contributed by atoms with E-state index in [4.69, 9.17) is 11.6 Å². The molecule has 2 aromatic rings. The molecule has 1 amide bonds. The van der Waals surface area contributed by atoms with Crippen LogP contribution in [0.2, 0.25) is 5.02 Å². The Morgan fingerprint density at radius 3 is 2.46 bits per heavy atom. The Kier molecular flexibility index (Phi) is 5.78. The summed E-state index contributed by atoms with van der Waals surface area (Å²) in [5, 5.41) is 16.1. The van der Waals surface area contributed by atoms with Crippen molar-refractivity contribution in [1.82, 2.24) is 0 Å². The Bertz CT molecular complexity index is 981. The Hall–Kier alpha value is -2.72. The third kappa shape index (κ3) is 4.90. The van der Waals surface area contributed by atoms with Crippen LogP contribution in [-0.4, -0.2) is 32.0 Å². The summed E-state index contributed by atoms with van der Waals surface area (Å²) in [4.78, 5) is 22.0. The van der Waals surface area contributed by atoms with Gasteiger partial charge in [0.1, 0.15) is 11.5 Å². The maximum absolute atomic E-state index is 13.6. The van der Waals surface area contributed by atoms with Crippen LogP contribution in [0.1, 0.15) is 0 Å². The normalized spacial score (nSPS) is 11.0. The van der Waals surface area contributed by atoms with E-state index in [9.17, 15) is 27.7 Å². The van der Waals surface area contributed by atoms with Gasteiger partial charge in [0.05, 0.1) is 22.1 Å². The zero-order chi connectivity index (χ0) is 19.5. The van der Waals surface area contributed by atoms with Gasteiger partial charge in [0.25, 0.3) is 5.69 Å². The lowest BCUT2D eigenvalue weighted by Gasteiger charge is -2.10. The summed E-state index contributed by atoms with van der Waals surface area (Å²) in [5.74, 6) is -1.39. The van der Waals surface area contributed by atoms with Crippen molar-refractivity contribution in [3.63, 3.8) is 0 Å². The van der Waals surface area contributed by atoms with E-state index in [2.05, 4.69) is 10.6 Å². The van der Waals surface area contributed by atoms with Crippen LogP contribution in [0, 0.1) is 15.9 Å². The third-order valence-corrected chi connectivity index (χ3v) is 4.58. The van der Waals surface area contributed by atoms with Crippen LogP contribution in [-0.2, 0) is 14.6 Å². The molecule has 0 aliphatic carbocycles. The van der Waals surface area contributed by atoms with E-state index in [1.165, 1.54) is 24.3 Å². The molecule has 0 aromatic heterocycles. The molecule has 2 rings (SSSR count). The monoisotopic (exact) mass is 401 g/mol. The number of rotatable bonds is 6. The van der Waals surface area contributed by atoms with Crippen molar-refractivity contribution in [3.8, 4) is 0 Å². The zero-order valence-electron chi connectivity index (χ0n) is 13.3. The predicted molar refractivity (Wildman–Crippen MR) is 94.7 cm³/mol. The molecule has 0 atom stereocenters. The second kappa shape index (κ2) is 7.67. The molecule has 0 aliphatic rings. The first-order chi connectivity index (χ1) is 12.1. The molecule has 0 spiro atoms. The highest BCUT2D eigenvalue weighted by atomic mass is 35.5. The van der Waals surface area contributed by atoms with Crippen molar-refractivity contribution in [2.75, 3.05) is 23.4 Å². The molecule has 0 bridgehead atoms. The van der Waals surface area contributed by atoms with E-state index in [0.717, 1.165) is 18.4 Å². The number of nitro groups is 1. The second-order valence-corrected chi connectivity index (χ2v) is 7.69. The van der Waals surface area contributed by atoms with Crippen LogP contribution in [0.4, 0.5) is 21.5 Å². The maximum atomic E-state index is 13.6. The van der Waals surface area contributed by atoms with Gasteiger partial charge in [-0.2, -0.15) is 0 Å². The van der Waals surface area contributed by atoms with Gasteiger partial charge in [-0.15, -0.1) is 0 Å². The molecule has 0 aliphatic heterocycles. The fourth-order valence-electron chi connectivity index (χ4n) is 2.00. The number of carbonyl (C=O) groups excluding carboxylic acids is 1. The van der Waals surface area contributed by atoms with Gasteiger partial charge in [0, 0.05) is 17.3 Å². The number of hydrogen-bond acceptors (Lipinski definition) is 6. The van der Waals surface area contributed by atoms with Crippen molar-refractivity contribution < 1.29 is 22.5 Å². The minimum Gasteiger partial charge on any atom is -0.371 e. The first-order valence-corrected chi connectivity index (χ1v) is 9.32. The number of nitrogens with one attached hydrogen (secondary N) is 2. The van der Waals surface area contributed by atoms with Crippen molar-refractivity contribution in [3.05, 3.63) is 57.4 Å². The molecule has 0 saturated carbocycles. The average Bonchev–Trinajstić information content (AvgIpc) is 2.54. The van der Waals surface area contributed by atoms with Gasteiger partial charge >= 0.3 is 0 Å². The number of nitrogens with zero attached hydrogens (tertiary/aromatic N) is 1. The topological polar surface area (TPSA) is 118 Å². The SMILES string of the molecule is CS(=O)(=O)c1ccc(NCC(=O)Nc2ccc(Cl)cc2F)c([N+](=O)[O-])c1. The van der Waals surface area contributed by atoms with Gasteiger partial charge in [-0.3, -0.25) is 14.9 Å². The Morgan fingerprint density at radius 1 is 1.23 bits per heavy atom. The molecule has 11 heteroatoms. The van der Waals surface area contributed by atoms with E-state index in [0.29, 0.717) is 0 Å². The van der Waals surface area contributed by atoms with E-state index in [-0.39, 0.29) is 21.3 Å².